The van der Waals surface area contributed by atoms with Crippen molar-refractivity contribution >= 4 is 29.9 Å². The lowest BCUT2D eigenvalue weighted by Crippen LogP contribution is -2.38. The predicted octanol–water partition coefficient (Wildman–Crippen LogP) is 2.73. The van der Waals surface area contributed by atoms with E-state index >= 15 is 0 Å². The third-order valence-electron chi connectivity index (χ3n) is 2.83. The van der Waals surface area contributed by atoms with Gasteiger partial charge in [-0.1, -0.05) is 17.3 Å². The Morgan fingerprint density at radius 1 is 1.32 bits per heavy atom. The summed E-state index contributed by atoms with van der Waals surface area (Å²) in [6.45, 7) is 3.89. The molecule has 0 saturated carbocycles. The summed E-state index contributed by atoms with van der Waals surface area (Å²) in [7, 11) is 0. The fourth-order valence-electron chi connectivity index (χ4n) is 1.84. The maximum Gasteiger partial charge on any atom is 0.191 e. The number of halogens is 2. The first-order chi connectivity index (χ1) is 10.3. The minimum absolute atomic E-state index is 0. The van der Waals surface area contributed by atoms with Crippen LogP contribution >= 0.6 is 24.0 Å². The van der Waals surface area contributed by atoms with Gasteiger partial charge >= 0.3 is 0 Å². The first kappa shape index (κ1) is 18.4. The zero-order chi connectivity index (χ0) is 14.9. The quantitative estimate of drug-likeness (QED) is 0.430. The summed E-state index contributed by atoms with van der Waals surface area (Å²) in [6, 6.07) is 8.39. The van der Waals surface area contributed by atoms with Gasteiger partial charge in [0.15, 0.2) is 5.96 Å². The van der Waals surface area contributed by atoms with Gasteiger partial charge in [0, 0.05) is 19.2 Å². The van der Waals surface area contributed by atoms with Crippen molar-refractivity contribution in [2.24, 2.45) is 4.99 Å². The number of aromatic nitrogens is 1. The van der Waals surface area contributed by atoms with E-state index in [9.17, 15) is 4.39 Å². The van der Waals surface area contributed by atoms with Crippen molar-refractivity contribution in [1.82, 2.24) is 15.8 Å². The van der Waals surface area contributed by atoms with Crippen LogP contribution in [0.4, 0.5) is 4.39 Å². The Morgan fingerprint density at radius 2 is 2.18 bits per heavy atom. The second-order valence-electron chi connectivity index (χ2n) is 4.49. The summed E-state index contributed by atoms with van der Waals surface area (Å²) in [5.74, 6) is 0.496. The molecule has 0 amide bonds. The molecule has 0 bridgehead atoms. The van der Waals surface area contributed by atoms with Crippen molar-refractivity contribution in [3.8, 4) is 0 Å². The maximum absolute atomic E-state index is 13.1. The molecule has 1 aromatic heterocycles. The van der Waals surface area contributed by atoms with Gasteiger partial charge in [0.05, 0.1) is 6.54 Å². The zero-order valence-electron chi connectivity index (χ0n) is 12.4. The highest BCUT2D eigenvalue weighted by Crippen LogP contribution is 2.03. The highest BCUT2D eigenvalue weighted by Gasteiger charge is 2.00. The van der Waals surface area contributed by atoms with Gasteiger partial charge < -0.3 is 15.2 Å². The Kier molecular flexibility index (Phi) is 8.49. The summed E-state index contributed by atoms with van der Waals surface area (Å²) in [5, 5.41) is 10.2. The van der Waals surface area contributed by atoms with E-state index in [4.69, 9.17) is 4.52 Å². The molecular formula is C15H20FIN4O. The lowest BCUT2D eigenvalue weighted by Gasteiger charge is -2.11. The highest BCUT2D eigenvalue weighted by molar-refractivity contribution is 14.0. The van der Waals surface area contributed by atoms with Crippen molar-refractivity contribution in [1.29, 1.82) is 0 Å². The molecule has 7 heteroatoms. The van der Waals surface area contributed by atoms with Crippen LogP contribution in [0.1, 0.15) is 18.2 Å². The number of aliphatic imine (C=N–C) groups is 1. The maximum atomic E-state index is 13.1. The minimum atomic E-state index is -0.209. The highest BCUT2D eigenvalue weighted by atomic mass is 127. The Morgan fingerprint density at radius 3 is 2.86 bits per heavy atom. The van der Waals surface area contributed by atoms with Crippen molar-refractivity contribution in [2.75, 3.05) is 13.1 Å². The van der Waals surface area contributed by atoms with Crippen molar-refractivity contribution in [2.45, 2.75) is 19.9 Å². The van der Waals surface area contributed by atoms with Crippen molar-refractivity contribution < 1.29 is 8.91 Å². The monoisotopic (exact) mass is 418 g/mol. The van der Waals surface area contributed by atoms with Gasteiger partial charge in [0.1, 0.15) is 17.8 Å². The van der Waals surface area contributed by atoms with Crippen LogP contribution < -0.4 is 10.6 Å². The topological polar surface area (TPSA) is 62.5 Å². The summed E-state index contributed by atoms with van der Waals surface area (Å²) in [6.07, 6.45) is 2.25. The van der Waals surface area contributed by atoms with E-state index < -0.39 is 0 Å². The Balaban J connectivity index is 0.00000242. The molecule has 2 aromatic rings. The molecule has 22 heavy (non-hydrogen) atoms. The third-order valence-corrected chi connectivity index (χ3v) is 2.83. The molecule has 0 aliphatic carbocycles. The molecular weight excluding hydrogens is 398 g/mol. The third kappa shape index (κ3) is 6.42. The van der Waals surface area contributed by atoms with Crippen LogP contribution in [0.5, 0.6) is 0 Å². The summed E-state index contributed by atoms with van der Waals surface area (Å²) >= 11 is 0. The number of nitrogens with one attached hydrogen (secondary N) is 2. The number of hydrogen-bond donors (Lipinski definition) is 2. The molecule has 0 spiro atoms. The van der Waals surface area contributed by atoms with E-state index in [-0.39, 0.29) is 29.8 Å². The van der Waals surface area contributed by atoms with Gasteiger partial charge in [-0.3, -0.25) is 0 Å². The fraction of sp³-hybridized carbons (Fsp3) is 0.333. The predicted molar refractivity (Wildman–Crippen MR) is 94.8 cm³/mol. The van der Waals surface area contributed by atoms with Gasteiger partial charge in [0.25, 0.3) is 0 Å². The second-order valence-corrected chi connectivity index (χ2v) is 4.49. The standard InChI is InChI=1S/C15H19FN4O.HI/c1-2-17-15(19-11-14-7-9-21-20-14)18-8-6-12-4-3-5-13(16)10-12;/h3-5,7,9-10H,2,6,8,11H2,1H3,(H2,17,18,19);1H. The summed E-state index contributed by atoms with van der Waals surface area (Å²) in [5.41, 5.74) is 1.73. The first-order valence-corrected chi connectivity index (χ1v) is 6.94. The molecule has 2 N–H and O–H groups in total. The Bertz CT molecular complexity index is 575. The molecule has 5 nitrogen and oxygen atoms in total. The molecule has 0 atom stereocenters. The van der Waals surface area contributed by atoms with E-state index in [1.54, 1.807) is 18.2 Å². The Hall–Kier alpha value is -1.64. The average Bonchev–Trinajstić information content (AvgIpc) is 2.98. The number of guanidine groups is 1. The van der Waals surface area contributed by atoms with Crippen molar-refractivity contribution in [3.63, 3.8) is 0 Å². The van der Waals surface area contributed by atoms with E-state index in [2.05, 4.69) is 20.8 Å². The SMILES string of the molecule is CCNC(=NCc1ccon1)NCCc1cccc(F)c1.I. The zero-order valence-corrected chi connectivity index (χ0v) is 14.7. The average molecular weight is 418 g/mol. The van der Waals surface area contributed by atoms with Crippen LogP contribution in [-0.4, -0.2) is 24.2 Å². The van der Waals surface area contributed by atoms with Crippen LogP contribution in [0.2, 0.25) is 0 Å². The van der Waals surface area contributed by atoms with Gasteiger partial charge in [-0.15, -0.1) is 24.0 Å². The first-order valence-electron chi connectivity index (χ1n) is 6.94. The fourth-order valence-corrected chi connectivity index (χ4v) is 1.84. The van der Waals surface area contributed by atoms with E-state index in [0.717, 1.165) is 24.2 Å². The molecule has 0 saturated heterocycles. The van der Waals surface area contributed by atoms with Crippen molar-refractivity contribution in [3.05, 3.63) is 53.7 Å². The van der Waals surface area contributed by atoms with Crippen LogP contribution in [0.15, 0.2) is 46.1 Å². The number of hydrogen-bond acceptors (Lipinski definition) is 3. The van der Waals surface area contributed by atoms with Crippen LogP contribution in [-0.2, 0) is 13.0 Å². The number of rotatable bonds is 6. The largest absolute Gasteiger partial charge is 0.364 e. The van der Waals surface area contributed by atoms with E-state index in [1.807, 2.05) is 13.0 Å². The molecule has 0 radical (unpaired) electrons. The molecule has 1 heterocycles. The molecule has 0 aliphatic heterocycles. The van der Waals surface area contributed by atoms with Gasteiger partial charge in [-0.05, 0) is 31.0 Å². The Labute approximate surface area is 146 Å². The summed E-state index contributed by atoms with van der Waals surface area (Å²) in [4.78, 5) is 4.40. The lowest BCUT2D eigenvalue weighted by atomic mass is 10.1. The molecule has 1 aromatic carbocycles. The lowest BCUT2D eigenvalue weighted by molar-refractivity contribution is 0.412. The van der Waals surface area contributed by atoms with Gasteiger partial charge in [0.2, 0.25) is 0 Å². The normalized spacial score (nSPS) is 10.9. The van der Waals surface area contributed by atoms with E-state index in [0.29, 0.717) is 19.0 Å². The summed E-state index contributed by atoms with van der Waals surface area (Å²) < 4.78 is 17.8. The number of benzene rings is 1. The molecule has 0 unspecified atom stereocenters. The van der Waals surface area contributed by atoms with Gasteiger partial charge in [-0.2, -0.15) is 0 Å². The van der Waals surface area contributed by atoms with E-state index in [1.165, 1.54) is 12.3 Å². The molecule has 120 valence electrons. The van der Waals surface area contributed by atoms with Crippen LogP contribution in [0.3, 0.4) is 0 Å². The minimum Gasteiger partial charge on any atom is -0.364 e. The molecule has 0 aliphatic rings. The van der Waals surface area contributed by atoms with Crippen LogP contribution in [0, 0.1) is 5.82 Å². The van der Waals surface area contributed by atoms with Crippen LogP contribution in [0.25, 0.3) is 0 Å². The smallest absolute Gasteiger partial charge is 0.191 e. The second kappa shape index (κ2) is 10.1. The molecule has 0 fully saturated rings. The van der Waals surface area contributed by atoms with Gasteiger partial charge in [-0.25, -0.2) is 9.38 Å². The number of nitrogens with zero attached hydrogens (tertiary/aromatic N) is 2. The molecule has 2 rings (SSSR count).